The molecule has 0 atom stereocenters. The first-order chi connectivity index (χ1) is 9.72. The number of anilines is 1. The van der Waals surface area contributed by atoms with Crippen LogP contribution < -0.4 is 5.73 Å². The van der Waals surface area contributed by atoms with Gasteiger partial charge in [-0.15, -0.1) is 0 Å². The van der Waals surface area contributed by atoms with Crippen molar-refractivity contribution in [1.29, 1.82) is 0 Å². The first kappa shape index (κ1) is 12.4. The van der Waals surface area contributed by atoms with Crippen molar-refractivity contribution in [1.82, 2.24) is 10.1 Å². The standard InChI is InChI=1S/C16H15N3O/c1-11-5-4-6-12(9-11)10-15-18-16(20-19-15)13-7-2-3-8-14(13)17/h2-9H,10,17H2,1H3. The van der Waals surface area contributed by atoms with Crippen LogP contribution in [0.25, 0.3) is 11.5 Å². The molecular formula is C16H15N3O. The second kappa shape index (κ2) is 5.17. The number of hydrogen-bond acceptors (Lipinski definition) is 4. The average Bonchev–Trinajstić information content (AvgIpc) is 2.87. The summed E-state index contributed by atoms with van der Waals surface area (Å²) in [5, 5.41) is 4.02. The molecule has 100 valence electrons. The van der Waals surface area contributed by atoms with E-state index in [1.807, 2.05) is 30.3 Å². The van der Waals surface area contributed by atoms with E-state index in [1.54, 1.807) is 0 Å². The van der Waals surface area contributed by atoms with E-state index in [9.17, 15) is 0 Å². The maximum Gasteiger partial charge on any atom is 0.260 e. The lowest BCUT2D eigenvalue weighted by molar-refractivity contribution is 0.424. The van der Waals surface area contributed by atoms with Crippen molar-refractivity contribution in [3.63, 3.8) is 0 Å². The number of nitrogens with zero attached hydrogens (tertiary/aromatic N) is 2. The molecule has 0 unspecified atom stereocenters. The molecule has 2 aromatic carbocycles. The summed E-state index contributed by atoms with van der Waals surface area (Å²) in [7, 11) is 0. The summed E-state index contributed by atoms with van der Waals surface area (Å²) in [6.07, 6.45) is 0.651. The minimum atomic E-state index is 0.464. The highest BCUT2D eigenvalue weighted by Gasteiger charge is 2.11. The Balaban J connectivity index is 1.86. The Morgan fingerprint density at radius 2 is 1.95 bits per heavy atom. The molecule has 0 aliphatic rings. The van der Waals surface area contributed by atoms with Crippen molar-refractivity contribution >= 4 is 5.69 Å². The molecule has 1 aromatic heterocycles. The van der Waals surface area contributed by atoms with Gasteiger partial charge in [0.25, 0.3) is 5.89 Å². The monoisotopic (exact) mass is 265 g/mol. The van der Waals surface area contributed by atoms with E-state index >= 15 is 0 Å². The Hall–Kier alpha value is -2.62. The van der Waals surface area contributed by atoms with Gasteiger partial charge in [0.2, 0.25) is 0 Å². The largest absolute Gasteiger partial charge is 0.398 e. The van der Waals surface area contributed by atoms with E-state index in [0.717, 1.165) is 5.56 Å². The minimum absolute atomic E-state index is 0.464. The summed E-state index contributed by atoms with van der Waals surface area (Å²) >= 11 is 0. The molecule has 3 rings (SSSR count). The molecular weight excluding hydrogens is 250 g/mol. The third-order valence-corrected chi connectivity index (χ3v) is 3.10. The van der Waals surface area contributed by atoms with Crippen LogP contribution in [0.3, 0.4) is 0 Å². The van der Waals surface area contributed by atoms with Crippen LogP contribution in [0.2, 0.25) is 0 Å². The predicted molar refractivity (Wildman–Crippen MR) is 78.1 cm³/mol. The van der Waals surface area contributed by atoms with E-state index in [1.165, 1.54) is 11.1 Å². The number of aromatic nitrogens is 2. The summed E-state index contributed by atoms with van der Waals surface area (Å²) in [5.41, 5.74) is 9.70. The number of hydrogen-bond donors (Lipinski definition) is 1. The van der Waals surface area contributed by atoms with Gasteiger partial charge in [-0.3, -0.25) is 0 Å². The highest BCUT2D eigenvalue weighted by Crippen LogP contribution is 2.24. The van der Waals surface area contributed by atoms with Crippen molar-refractivity contribution in [2.24, 2.45) is 0 Å². The normalized spacial score (nSPS) is 10.7. The summed E-state index contributed by atoms with van der Waals surface area (Å²) in [6.45, 7) is 2.07. The summed E-state index contributed by atoms with van der Waals surface area (Å²) in [5.74, 6) is 1.12. The van der Waals surface area contributed by atoms with E-state index in [-0.39, 0.29) is 0 Å². The smallest absolute Gasteiger partial charge is 0.260 e. The molecule has 4 nitrogen and oxygen atoms in total. The van der Waals surface area contributed by atoms with E-state index in [4.69, 9.17) is 10.3 Å². The third kappa shape index (κ3) is 2.54. The molecule has 0 saturated carbocycles. The van der Waals surface area contributed by atoms with Crippen LogP contribution in [-0.2, 0) is 6.42 Å². The van der Waals surface area contributed by atoms with Crippen LogP contribution in [0.1, 0.15) is 17.0 Å². The van der Waals surface area contributed by atoms with Gasteiger partial charge in [-0.1, -0.05) is 47.1 Å². The number of rotatable bonds is 3. The molecule has 0 aliphatic heterocycles. The summed E-state index contributed by atoms with van der Waals surface area (Å²) < 4.78 is 5.29. The molecule has 1 heterocycles. The lowest BCUT2D eigenvalue weighted by Crippen LogP contribution is -1.92. The molecule has 0 spiro atoms. The van der Waals surface area contributed by atoms with E-state index < -0.39 is 0 Å². The molecule has 20 heavy (non-hydrogen) atoms. The molecule has 0 bridgehead atoms. The zero-order chi connectivity index (χ0) is 13.9. The molecule has 2 N–H and O–H groups in total. The third-order valence-electron chi connectivity index (χ3n) is 3.10. The van der Waals surface area contributed by atoms with Gasteiger partial charge in [0.15, 0.2) is 5.82 Å². The van der Waals surface area contributed by atoms with Gasteiger partial charge >= 0.3 is 0 Å². The zero-order valence-corrected chi connectivity index (χ0v) is 11.2. The summed E-state index contributed by atoms with van der Waals surface area (Å²) in [4.78, 5) is 4.41. The van der Waals surface area contributed by atoms with Gasteiger partial charge in [-0.25, -0.2) is 0 Å². The molecule has 0 fully saturated rings. The van der Waals surface area contributed by atoms with Crippen LogP contribution >= 0.6 is 0 Å². The maximum atomic E-state index is 5.91. The molecule has 0 aliphatic carbocycles. The van der Waals surface area contributed by atoms with Crippen LogP contribution in [-0.4, -0.2) is 10.1 Å². The second-order valence-corrected chi connectivity index (χ2v) is 4.77. The number of benzene rings is 2. The van der Waals surface area contributed by atoms with Gasteiger partial charge in [0.05, 0.1) is 5.56 Å². The van der Waals surface area contributed by atoms with Gasteiger partial charge in [-0.05, 0) is 24.6 Å². The molecule has 4 heteroatoms. The number of aryl methyl sites for hydroxylation is 1. The Labute approximate surface area is 117 Å². The lowest BCUT2D eigenvalue weighted by Gasteiger charge is -1.99. The van der Waals surface area contributed by atoms with Crippen LogP contribution in [0.4, 0.5) is 5.69 Å². The fourth-order valence-electron chi connectivity index (χ4n) is 2.13. The van der Waals surface area contributed by atoms with Gasteiger partial charge < -0.3 is 10.3 Å². The number of nitrogen functional groups attached to an aromatic ring is 1. The van der Waals surface area contributed by atoms with Gasteiger partial charge in [0, 0.05) is 12.1 Å². The summed E-state index contributed by atoms with van der Waals surface area (Å²) in [6, 6.07) is 15.7. The van der Waals surface area contributed by atoms with Gasteiger partial charge in [-0.2, -0.15) is 4.98 Å². The molecule has 3 aromatic rings. The van der Waals surface area contributed by atoms with Crippen molar-refractivity contribution in [3.8, 4) is 11.5 Å². The van der Waals surface area contributed by atoms with E-state index in [0.29, 0.717) is 23.8 Å². The Morgan fingerprint density at radius 3 is 2.75 bits per heavy atom. The highest BCUT2D eigenvalue weighted by molar-refractivity contribution is 5.69. The van der Waals surface area contributed by atoms with Crippen molar-refractivity contribution in [2.45, 2.75) is 13.3 Å². The zero-order valence-electron chi connectivity index (χ0n) is 11.2. The molecule has 0 radical (unpaired) electrons. The SMILES string of the molecule is Cc1cccc(Cc2noc(-c3ccccc3N)n2)c1. The van der Waals surface area contributed by atoms with Crippen LogP contribution in [0, 0.1) is 6.92 Å². The van der Waals surface area contributed by atoms with Crippen LogP contribution in [0.5, 0.6) is 0 Å². The van der Waals surface area contributed by atoms with Gasteiger partial charge in [0.1, 0.15) is 0 Å². The number of nitrogens with two attached hydrogens (primary N) is 1. The Kier molecular flexibility index (Phi) is 3.21. The maximum absolute atomic E-state index is 5.91. The quantitative estimate of drug-likeness (QED) is 0.738. The van der Waals surface area contributed by atoms with Crippen molar-refractivity contribution in [3.05, 3.63) is 65.5 Å². The Bertz CT molecular complexity index is 734. The topological polar surface area (TPSA) is 64.9 Å². The first-order valence-electron chi connectivity index (χ1n) is 6.45. The average molecular weight is 265 g/mol. The predicted octanol–water partition coefficient (Wildman–Crippen LogP) is 3.22. The van der Waals surface area contributed by atoms with Crippen LogP contribution in [0.15, 0.2) is 53.1 Å². The highest BCUT2D eigenvalue weighted by atomic mass is 16.5. The Morgan fingerprint density at radius 1 is 1.10 bits per heavy atom. The number of para-hydroxylation sites is 1. The first-order valence-corrected chi connectivity index (χ1v) is 6.45. The van der Waals surface area contributed by atoms with E-state index in [2.05, 4.69) is 35.3 Å². The molecule has 0 saturated heterocycles. The van der Waals surface area contributed by atoms with Crippen molar-refractivity contribution < 1.29 is 4.52 Å². The fraction of sp³-hybridized carbons (Fsp3) is 0.125. The fourth-order valence-corrected chi connectivity index (χ4v) is 2.13. The van der Waals surface area contributed by atoms with Crippen molar-refractivity contribution in [2.75, 3.05) is 5.73 Å². The minimum Gasteiger partial charge on any atom is -0.398 e. The second-order valence-electron chi connectivity index (χ2n) is 4.77. The molecule has 0 amide bonds. The lowest BCUT2D eigenvalue weighted by atomic mass is 10.1.